The molecule has 1 aliphatic heterocycles. The molecule has 0 bridgehead atoms. The Morgan fingerprint density at radius 3 is 2.75 bits per heavy atom. The molecule has 0 spiro atoms. The number of halogens is 1. The molecule has 3 nitrogen and oxygen atoms in total. The highest BCUT2D eigenvalue weighted by Crippen LogP contribution is 2.41. The third-order valence-corrected chi connectivity index (χ3v) is 4.88. The number of fused-ring (bicyclic) bond motifs is 1. The second-order valence-electron chi connectivity index (χ2n) is 4.63. The van der Waals surface area contributed by atoms with E-state index < -0.39 is 12.0 Å². The van der Waals surface area contributed by atoms with Crippen LogP contribution >= 0.6 is 23.4 Å². The van der Waals surface area contributed by atoms with Crippen molar-refractivity contribution in [2.45, 2.75) is 22.8 Å². The van der Waals surface area contributed by atoms with Gasteiger partial charge in [-0.15, -0.1) is 0 Å². The molecule has 2 aromatic rings. The number of amides is 1. The second-order valence-corrected chi connectivity index (χ2v) is 6.12. The molecule has 2 N–H and O–H groups in total. The summed E-state index contributed by atoms with van der Waals surface area (Å²) in [6.07, 6.45) is -1.12. The van der Waals surface area contributed by atoms with Crippen LogP contribution in [0.3, 0.4) is 0 Å². The molecule has 1 atom stereocenters. The molecule has 102 valence electrons. The van der Waals surface area contributed by atoms with Gasteiger partial charge in [0.15, 0.2) is 6.10 Å². The van der Waals surface area contributed by atoms with E-state index in [4.69, 9.17) is 11.6 Å². The molecule has 0 saturated carbocycles. The highest BCUT2D eigenvalue weighted by Gasteiger charge is 2.29. The van der Waals surface area contributed by atoms with Gasteiger partial charge in [-0.05, 0) is 30.7 Å². The molecule has 1 heterocycles. The number of nitrogens with one attached hydrogen (secondary N) is 1. The van der Waals surface area contributed by atoms with Gasteiger partial charge in [-0.2, -0.15) is 0 Å². The summed E-state index contributed by atoms with van der Waals surface area (Å²) in [6, 6.07) is 11.5. The predicted octanol–water partition coefficient (Wildman–Crippen LogP) is 3.79. The van der Waals surface area contributed by atoms with Crippen LogP contribution in [0.1, 0.15) is 17.2 Å². The molecule has 5 heteroatoms. The van der Waals surface area contributed by atoms with Gasteiger partial charge in [-0.25, -0.2) is 0 Å². The smallest absolute Gasteiger partial charge is 0.257 e. The molecule has 0 radical (unpaired) electrons. The third kappa shape index (κ3) is 2.30. The van der Waals surface area contributed by atoms with Crippen LogP contribution in [0.25, 0.3) is 0 Å². The number of rotatable bonds is 2. The summed E-state index contributed by atoms with van der Waals surface area (Å²) in [5.41, 5.74) is 2.33. The van der Waals surface area contributed by atoms with E-state index in [0.29, 0.717) is 16.3 Å². The van der Waals surface area contributed by atoms with E-state index in [0.717, 1.165) is 15.4 Å². The minimum atomic E-state index is -1.12. The first kappa shape index (κ1) is 13.5. The summed E-state index contributed by atoms with van der Waals surface area (Å²) in [7, 11) is 0. The van der Waals surface area contributed by atoms with Crippen LogP contribution in [0.15, 0.2) is 46.2 Å². The maximum Gasteiger partial charge on any atom is 0.257 e. The topological polar surface area (TPSA) is 49.3 Å². The Morgan fingerprint density at radius 1 is 1.25 bits per heavy atom. The summed E-state index contributed by atoms with van der Waals surface area (Å²) < 4.78 is 0. The molecule has 0 aromatic heterocycles. The van der Waals surface area contributed by atoms with Crippen molar-refractivity contribution in [3.05, 3.63) is 52.5 Å². The van der Waals surface area contributed by atoms with Crippen LogP contribution in [0.5, 0.6) is 0 Å². The van der Waals surface area contributed by atoms with Gasteiger partial charge >= 0.3 is 0 Å². The first-order chi connectivity index (χ1) is 9.56. The monoisotopic (exact) mass is 305 g/mol. The molecule has 1 amide bonds. The lowest BCUT2D eigenvalue weighted by Crippen LogP contribution is -2.10. The summed E-state index contributed by atoms with van der Waals surface area (Å²) in [5, 5.41) is 12.9. The lowest BCUT2D eigenvalue weighted by molar-refractivity contribution is -0.123. The van der Waals surface area contributed by atoms with Crippen LogP contribution < -0.4 is 5.32 Å². The fourth-order valence-corrected chi connectivity index (χ4v) is 3.35. The maximum absolute atomic E-state index is 11.5. The molecule has 0 aliphatic carbocycles. The number of hydrogen-bond acceptors (Lipinski definition) is 3. The zero-order valence-corrected chi connectivity index (χ0v) is 12.3. The first-order valence-electron chi connectivity index (χ1n) is 6.12. The largest absolute Gasteiger partial charge is 0.378 e. The van der Waals surface area contributed by atoms with Crippen molar-refractivity contribution in [2.24, 2.45) is 0 Å². The zero-order valence-electron chi connectivity index (χ0n) is 10.7. The molecule has 20 heavy (non-hydrogen) atoms. The van der Waals surface area contributed by atoms with Crippen molar-refractivity contribution in [3.63, 3.8) is 0 Å². The number of aliphatic hydroxyl groups excluding tert-OH is 1. The maximum atomic E-state index is 11.5. The van der Waals surface area contributed by atoms with Crippen molar-refractivity contribution >= 4 is 35.0 Å². The average Bonchev–Trinajstić information content (AvgIpc) is 2.69. The number of aliphatic hydroxyl groups is 1. The summed E-state index contributed by atoms with van der Waals surface area (Å²) in [6.45, 7) is 2.04. The average molecular weight is 306 g/mol. The minimum Gasteiger partial charge on any atom is -0.378 e. The van der Waals surface area contributed by atoms with Crippen LogP contribution in [0.2, 0.25) is 5.02 Å². The number of carbonyl (C=O) groups excluding carboxylic acids is 1. The van der Waals surface area contributed by atoms with Gasteiger partial charge in [0.2, 0.25) is 0 Å². The lowest BCUT2D eigenvalue weighted by Gasteiger charge is -2.09. The molecule has 3 rings (SSSR count). The summed E-state index contributed by atoms with van der Waals surface area (Å²) in [4.78, 5) is 13.4. The number of anilines is 1. The van der Waals surface area contributed by atoms with Crippen molar-refractivity contribution in [2.75, 3.05) is 5.32 Å². The highest BCUT2D eigenvalue weighted by atomic mass is 35.5. The standard InChI is InChI=1S/C15H12ClNO2S/c1-8-4-2-3-5-12(8)20-13-7-11-9(6-10(13)16)14(18)15(19)17-11/h2-7,14,18H,1H3,(H,17,19). The van der Waals surface area contributed by atoms with Gasteiger partial charge in [0.1, 0.15) is 0 Å². The molecular weight excluding hydrogens is 294 g/mol. The van der Waals surface area contributed by atoms with Crippen LogP contribution in [0.4, 0.5) is 5.69 Å². The summed E-state index contributed by atoms with van der Waals surface area (Å²) in [5.74, 6) is -0.408. The van der Waals surface area contributed by atoms with E-state index in [1.165, 1.54) is 0 Å². The van der Waals surface area contributed by atoms with Gasteiger partial charge in [0.25, 0.3) is 5.91 Å². The van der Waals surface area contributed by atoms with Crippen molar-refractivity contribution in [1.29, 1.82) is 0 Å². The number of hydrogen-bond donors (Lipinski definition) is 2. The Bertz CT molecular complexity index is 702. The van der Waals surface area contributed by atoms with Crippen LogP contribution in [-0.2, 0) is 4.79 Å². The Morgan fingerprint density at radius 2 is 2.00 bits per heavy atom. The first-order valence-corrected chi connectivity index (χ1v) is 7.31. The molecule has 1 unspecified atom stereocenters. The minimum absolute atomic E-state index is 0.408. The van der Waals surface area contributed by atoms with Gasteiger partial charge in [0, 0.05) is 21.0 Å². The number of aryl methyl sites for hydroxylation is 1. The van der Waals surface area contributed by atoms with E-state index in [-0.39, 0.29) is 0 Å². The quantitative estimate of drug-likeness (QED) is 0.887. The lowest BCUT2D eigenvalue weighted by atomic mass is 10.1. The number of benzene rings is 2. The van der Waals surface area contributed by atoms with E-state index >= 15 is 0 Å². The number of carbonyl (C=O) groups is 1. The fraction of sp³-hybridized carbons (Fsp3) is 0.133. The van der Waals surface area contributed by atoms with E-state index in [1.807, 2.05) is 37.3 Å². The Hall–Kier alpha value is -1.49. The van der Waals surface area contributed by atoms with Gasteiger partial charge in [-0.1, -0.05) is 41.6 Å². The van der Waals surface area contributed by atoms with Crippen LogP contribution in [-0.4, -0.2) is 11.0 Å². The van der Waals surface area contributed by atoms with Gasteiger partial charge in [-0.3, -0.25) is 4.79 Å². The SMILES string of the molecule is Cc1ccccc1Sc1cc2c(cc1Cl)C(O)C(=O)N2. The Labute approximate surface area is 126 Å². The molecular formula is C15H12ClNO2S. The van der Waals surface area contributed by atoms with Gasteiger partial charge in [0.05, 0.1) is 5.02 Å². The fourth-order valence-electron chi connectivity index (χ4n) is 2.11. The highest BCUT2D eigenvalue weighted by molar-refractivity contribution is 7.99. The zero-order chi connectivity index (χ0) is 14.3. The predicted molar refractivity (Wildman–Crippen MR) is 80.3 cm³/mol. The van der Waals surface area contributed by atoms with Gasteiger partial charge < -0.3 is 10.4 Å². The molecule has 1 aliphatic rings. The van der Waals surface area contributed by atoms with E-state index in [1.54, 1.807) is 17.8 Å². The second kappa shape index (κ2) is 5.13. The summed E-state index contributed by atoms with van der Waals surface area (Å²) >= 11 is 7.80. The normalized spacial score (nSPS) is 16.9. The van der Waals surface area contributed by atoms with E-state index in [2.05, 4.69) is 5.32 Å². The van der Waals surface area contributed by atoms with Crippen LogP contribution in [0, 0.1) is 6.92 Å². The molecule has 0 fully saturated rings. The van der Waals surface area contributed by atoms with E-state index in [9.17, 15) is 9.90 Å². The van der Waals surface area contributed by atoms with Crippen molar-refractivity contribution < 1.29 is 9.90 Å². The molecule has 0 saturated heterocycles. The Balaban J connectivity index is 1.99. The van der Waals surface area contributed by atoms with Crippen molar-refractivity contribution in [3.8, 4) is 0 Å². The van der Waals surface area contributed by atoms with Crippen molar-refractivity contribution in [1.82, 2.24) is 0 Å². The Kier molecular flexibility index (Phi) is 3.46. The molecule has 2 aromatic carbocycles. The third-order valence-electron chi connectivity index (χ3n) is 3.22.